The summed E-state index contributed by atoms with van der Waals surface area (Å²) in [4.78, 5) is 20.8. The molecule has 0 saturated carbocycles. The molecular weight excluding hydrogens is 146 g/mol. The number of primary amides is 1. The lowest BCUT2D eigenvalue weighted by molar-refractivity contribution is -0.133. The summed E-state index contributed by atoms with van der Waals surface area (Å²) in [6.07, 6.45) is -0.197. The van der Waals surface area contributed by atoms with Crippen molar-refractivity contribution < 1.29 is 14.7 Å². The average Bonchev–Trinajstić information content (AvgIpc) is 1.81. The Morgan fingerprint density at radius 3 is 1.91 bits per heavy atom. The number of carboxylic acids is 1. The van der Waals surface area contributed by atoms with Crippen LogP contribution in [0.25, 0.3) is 0 Å². The summed E-state index contributed by atoms with van der Waals surface area (Å²) in [5, 5.41) is 8.53. The number of rotatable bonds is 3. The van der Waals surface area contributed by atoms with Crippen LogP contribution in [0, 0.1) is 0 Å². The first-order valence-corrected chi connectivity index (χ1v) is 3.13. The van der Waals surface area contributed by atoms with E-state index in [0.717, 1.165) is 0 Å². The molecule has 0 bridgehead atoms. The highest BCUT2D eigenvalue weighted by Gasteiger charge is 2.11. The smallest absolute Gasteiger partial charge is 0.332 e. The van der Waals surface area contributed by atoms with Crippen molar-refractivity contribution in [2.45, 2.75) is 20.3 Å². The van der Waals surface area contributed by atoms with Crippen LogP contribution in [-0.2, 0) is 9.59 Å². The zero-order valence-electron chi connectivity index (χ0n) is 6.55. The monoisotopic (exact) mass is 157 g/mol. The summed E-state index contributed by atoms with van der Waals surface area (Å²) in [6.45, 7) is 3.26. The van der Waals surface area contributed by atoms with Gasteiger partial charge in [-0.15, -0.1) is 0 Å². The maximum atomic E-state index is 10.4. The molecule has 0 aliphatic rings. The van der Waals surface area contributed by atoms with Crippen molar-refractivity contribution in [3.05, 3.63) is 11.1 Å². The minimum atomic E-state index is -1.08. The van der Waals surface area contributed by atoms with E-state index in [9.17, 15) is 9.59 Å². The van der Waals surface area contributed by atoms with Crippen LogP contribution in [0.2, 0.25) is 0 Å². The Bertz CT molecular complexity index is 214. The molecule has 0 aromatic heterocycles. The van der Waals surface area contributed by atoms with Gasteiger partial charge in [0, 0.05) is 5.57 Å². The SMILES string of the molecule is CC(C)=C(CC(N)=O)C(=O)O. The van der Waals surface area contributed by atoms with Crippen molar-refractivity contribution in [1.29, 1.82) is 0 Å². The number of allylic oxidation sites excluding steroid dienone is 1. The molecule has 0 aliphatic heterocycles. The highest BCUT2D eigenvalue weighted by Crippen LogP contribution is 2.07. The van der Waals surface area contributed by atoms with Gasteiger partial charge in [0.2, 0.25) is 5.91 Å². The minimum absolute atomic E-state index is 0.0810. The van der Waals surface area contributed by atoms with E-state index < -0.39 is 11.9 Å². The number of hydrogen-bond donors (Lipinski definition) is 2. The lowest BCUT2D eigenvalue weighted by atomic mass is 10.1. The number of aliphatic carboxylic acids is 1. The van der Waals surface area contributed by atoms with E-state index in [1.165, 1.54) is 0 Å². The van der Waals surface area contributed by atoms with Gasteiger partial charge in [-0.3, -0.25) is 4.79 Å². The number of carbonyl (C=O) groups excluding carboxylic acids is 1. The molecule has 0 atom stereocenters. The van der Waals surface area contributed by atoms with E-state index in [1.54, 1.807) is 13.8 Å². The van der Waals surface area contributed by atoms with Gasteiger partial charge in [-0.1, -0.05) is 5.57 Å². The molecule has 0 aliphatic carbocycles. The summed E-state index contributed by atoms with van der Waals surface area (Å²) >= 11 is 0. The van der Waals surface area contributed by atoms with Crippen LogP contribution in [-0.4, -0.2) is 17.0 Å². The Hall–Kier alpha value is -1.32. The molecule has 11 heavy (non-hydrogen) atoms. The van der Waals surface area contributed by atoms with Crippen molar-refractivity contribution >= 4 is 11.9 Å². The summed E-state index contributed by atoms with van der Waals surface area (Å²) in [6, 6.07) is 0. The van der Waals surface area contributed by atoms with E-state index in [-0.39, 0.29) is 12.0 Å². The summed E-state index contributed by atoms with van der Waals surface area (Å²) in [7, 11) is 0. The Kier molecular flexibility index (Phi) is 3.30. The van der Waals surface area contributed by atoms with E-state index in [4.69, 9.17) is 10.8 Å². The maximum absolute atomic E-state index is 10.4. The first kappa shape index (κ1) is 9.68. The fraction of sp³-hybridized carbons (Fsp3) is 0.429. The van der Waals surface area contributed by atoms with Gasteiger partial charge < -0.3 is 10.8 Å². The molecule has 0 aromatic rings. The molecule has 0 heterocycles. The third-order valence-electron chi connectivity index (χ3n) is 1.21. The van der Waals surface area contributed by atoms with Crippen molar-refractivity contribution in [3.8, 4) is 0 Å². The number of nitrogens with two attached hydrogens (primary N) is 1. The lowest BCUT2D eigenvalue weighted by Crippen LogP contribution is -2.15. The molecule has 0 rings (SSSR count). The minimum Gasteiger partial charge on any atom is -0.478 e. The van der Waals surface area contributed by atoms with Gasteiger partial charge in [0.1, 0.15) is 0 Å². The van der Waals surface area contributed by atoms with Crippen molar-refractivity contribution in [2.24, 2.45) is 5.73 Å². The Balaban J connectivity index is 4.52. The summed E-state index contributed by atoms with van der Waals surface area (Å²) in [5.41, 5.74) is 5.52. The Morgan fingerprint density at radius 1 is 1.36 bits per heavy atom. The standard InChI is InChI=1S/C7H11NO3/c1-4(2)5(7(10)11)3-6(8)9/h3H2,1-2H3,(H2,8,9)(H,10,11). The highest BCUT2D eigenvalue weighted by atomic mass is 16.4. The van der Waals surface area contributed by atoms with Gasteiger partial charge in [-0.05, 0) is 13.8 Å². The van der Waals surface area contributed by atoms with Crippen molar-refractivity contribution in [3.63, 3.8) is 0 Å². The molecule has 62 valence electrons. The molecule has 4 nitrogen and oxygen atoms in total. The van der Waals surface area contributed by atoms with Crippen molar-refractivity contribution in [2.75, 3.05) is 0 Å². The second kappa shape index (κ2) is 3.75. The molecule has 0 unspecified atom stereocenters. The van der Waals surface area contributed by atoms with Gasteiger partial charge in [-0.25, -0.2) is 4.79 Å². The summed E-state index contributed by atoms with van der Waals surface area (Å²) in [5.74, 6) is -1.70. The average molecular weight is 157 g/mol. The van der Waals surface area contributed by atoms with Crippen LogP contribution in [0.15, 0.2) is 11.1 Å². The van der Waals surface area contributed by atoms with Gasteiger partial charge in [0.05, 0.1) is 6.42 Å². The van der Waals surface area contributed by atoms with E-state index in [0.29, 0.717) is 5.57 Å². The number of carboxylic acid groups (broad SMARTS) is 1. The molecule has 0 saturated heterocycles. The van der Waals surface area contributed by atoms with Crippen LogP contribution in [0.5, 0.6) is 0 Å². The predicted octanol–water partition coefficient (Wildman–Crippen LogP) is 0.283. The Labute approximate surface area is 64.7 Å². The zero-order chi connectivity index (χ0) is 9.02. The molecule has 0 radical (unpaired) electrons. The zero-order valence-corrected chi connectivity index (χ0v) is 6.55. The van der Waals surface area contributed by atoms with E-state index >= 15 is 0 Å². The van der Waals surface area contributed by atoms with Crippen LogP contribution in [0.4, 0.5) is 0 Å². The second-order valence-corrected chi connectivity index (χ2v) is 2.43. The first-order valence-electron chi connectivity index (χ1n) is 3.13. The van der Waals surface area contributed by atoms with Gasteiger partial charge in [0.15, 0.2) is 0 Å². The van der Waals surface area contributed by atoms with Crippen molar-refractivity contribution in [1.82, 2.24) is 0 Å². The number of amides is 1. The third-order valence-corrected chi connectivity index (χ3v) is 1.21. The quantitative estimate of drug-likeness (QED) is 0.577. The molecule has 4 heteroatoms. The largest absolute Gasteiger partial charge is 0.478 e. The topological polar surface area (TPSA) is 80.4 Å². The van der Waals surface area contributed by atoms with E-state index in [2.05, 4.69) is 0 Å². The molecule has 1 amide bonds. The summed E-state index contributed by atoms with van der Waals surface area (Å²) < 4.78 is 0. The fourth-order valence-corrected chi connectivity index (χ4v) is 0.640. The van der Waals surface area contributed by atoms with Crippen LogP contribution >= 0.6 is 0 Å². The molecule has 3 N–H and O–H groups in total. The van der Waals surface area contributed by atoms with Gasteiger partial charge >= 0.3 is 5.97 Å². The predicted molar refractivity (Wildman–Crippen MR) is 39.8 cm³/mol. The van der Waals surface area contributed by atoms with Crippen LogP contribution in [0.3, 0.4) is 0 Å². The third kappa shape index (κ3) is 3.40. The van der Waals surface area contributed by atoms with Gasteiger partial charge in [-0.2, -0.15) is 0 Å². The molecule has 0 aromatic carbocycles. The number of carbonyl (C=O) groups is 2. The maximum Gasteiger partial charge on any atom is 0.332 e. The first-order chi connectivity index (χ1) is 4.95. The molecule has 0 spiro atoms. The normalized spacial score (nSPS) is 8.91. The molecular formula is C7H11NO3. The Morgan fingerprint density at radius 2 is 1.82 bits per heavy atom. The van der Waals surface area contributed by atoms with E-state index in [1.807, 2.05) is 0 Å². The lowest BCUT2D eigenvalue weighted by Gasteiger charge is -2.00. The van der Waals surface area contributed by atoms with Crippen LogP contribution < -0.4 is 5.73 Å². The van der Waals surface area contributed by atoms with Crippen LogP contribution in [0.1, 0.15) is 20.3 Å². The van der Waals surface area contributed by atoms with Gasteiger partial charge in [0.25, 0.3) is 0 Å². The second-order valence-electron chi connectivity index (χ2n) is 2.43. The fourth-order valence-electron chi connectivity index (χ4n) is 0.640. The molecule has 0 fully saturated rings. The highest BCUT2D eigenvalue weighted by molar-refractivity contribution is 5.94. The number of hydrogen-bond acceptors (Lipinski definition) is 2.